The lowest BCUT2D eigenvalue weighted by Crippen LogP contribution is -2.50. The number of carboxylic acid groups (broad SMARTS) is 1. The van der Waals surface area contributed by atoms with Crippen LogP contribution in [0.15, 0.2) is 47.4 Å². The van der Waals surface area contributed by atoms with Gasteiger partial charge in [0.05, 0.1) is 12.5 Å². The first-order valence-electron chi connectivity index (χ1n) is 13.9. The van der Waals surface area contributed by atoms with E-state index in [9.17, 15) is 28.7 Å². The molecule has 1 heterocycles. The number of pyridine rings is 1. The fourth-order valence-corrected chi connectivity index (χ4v) is 5.63. The second-order valence-corrected chi connectivity index (χ2v) is 11.2. The molecule has 3 aromatic rings. The van der Waals surface area contributed by atoms with Gasteiger partial charge in [-0.3, -0.25) is 19.2 Å². The van der Waals surface area contributed by atoms with Crippen LogP contribution in [0.2, 0.25) is 0 Å². The maximum atomic E-state index is 15.3. The molecule has 0 aliphatic heterocycles. The van der Waals surface area contributed by atoms with Gasteiger partial charge in [-0.2, -0.15) is 0 Å². The van der Waals surface area contributed by atoms with Crippen LogP contribution in [-0.2, 0) is 16.6 Å². The molecule has 1 aliphatic rings. The van der Waals surface area contributed by atoms with Crippen molar-refractivity contribution in [2.45, 2.75) is 65.0 Å². The van der Waals surface area contributed by atoms with E-state index in [1.165, 1.54) is 36.0 Å². The topological polar surface area (TPSA) is 118 Å². The highest BCUT2D eigenvalue weighted by atomic mass is 19.2. The van der Waals surface area contributed by atoms with Crippen LogP contribution in [0.1, 0.15) is 70.8 Å². The Kier molecular flexibility index (Phi) is 9.23. The highest BCUT2D eigenvalue weighted by Gasteiger charge is 2.32. The van der Waals surface area contributed by atoms with Crippen LogP contribution in [-0.4, -0.2) is 33.5 Å². The predicted octanol–water partition coefficient (Wildman–Crippen LogP) is 4.88. The number of nitrogens with zero attached hydrogens (tertiary/aromatic N) is 1. The van der Waals surface area contributed by atoms with Crippen LogP contribution in [0.4, 0.5) is 8.78 Å². The fraction of sp³-hybridized carbons (Fsp3) is 0.375. The van der Waals surface area contributed by atoms with Gasteiger partial charge in [-0.25, -0.2) is 8.78 Å². The molecule has 4 rings (SSSR count). The number of carbonyl (C=O) groups excluding carboxylic acids is 2. The minimum absolute atomic E-state index is 0.141. The third-order valence-corrected chi connectivity index (χ3v) is 7.88. The SMILES string of the molecule is Cc1cc(C)c(-c2cc(F)c(F)c([C@H](CC(=O)O)NC(=O)[C@H](CC3CCC3)NC(=O)c3cccn(C)c3=O)c2)c(C)c1. The third-order valence-electron chi connectivity index (χ3n) is 7.88. The molecule has 1 fully saturated rings. The van der Waals surface area contributed by atoms with Crippen molar-refractivity contribution in [1.29, 1.82) is 0 Å². The molecule has 2 aromatic carbocycles. The lowest BCUT2D eigenvalue weighted by molar-refractivity contribution is -0.137. The molecule has 1 aromatic heterocycles. The van der Waals surface area contributed by atoms with Gasteiger partial charge in [-0.1, -0.05) is 37.0 Å². The Morgan fingerprint density at radius 3 is 2.31 bits per heavy atom. The van der Waals surface area contributed by atoms with Crippen LogP contribution >= 0.6 is 0 Å². The minimum atomic E-state index is -1.43. The number of aliphatic carboxylic acids is 1. The summed E-state index contributed by atoms with van der Waals surface area (Å²) in [4.78, 5) is 50.9. The summed E-state index contributed by atoms with van der Waals surface area (Å²) in [6, 6.07) is 6.57. The molecule has 0 radical (unpaired) electrons. The number of hydrogen-bond acceptors (Lipinski definition) is 4. The first-order valence-corrected chi connectivity index (χ1v) is 13.9. The van der Waals surface area contributed by atoms with Gasteiger partial charge in [0, 0.05) is 18.8 Å². The molecule has 0 spiro atoms. The molecule has 1 aliphatic carbocycles. The third kappa shape index (κ3) is 6.75. The molecule has 0 unspecified atom stereocenters. The van der Waals surface area contributed by atoms with E-state index >= 15 is 4.39 Å². The predicted molar refractivity (Wildman–Crippen MR) is 154 cm³/mol. The summed E-state index contributed by atoms with van der Waals surface area (Å²) in [5.41, 5.74) is 2.68. The number of benzene rings is 2. The maximum Gasteiger partial charge on any atom is 0.305 e. The summed E-state index contributed by atoms with van der Waals surface area (Å²) in [6.45, 7) is 5.62. The monoisotopic (exact) mass is 579 g/mol. The molecule has 0 bridgehead atoms. The summed E-state index contributed by atoms with van der Waals surface area (Å²) < 4.78 is 31.5. The van der Waals surface area contributed by atoms with Gasteiger partial charge in [0.25, 0.3) is 11.5 Å². The molecule has 222 valence electrons. The largest absolute Gasteiger partial charge is 0.481 e. The lowest BCUT2D eigenvalue weighted by Gasteiger charge is -2.30. The van der Waals surface area contributed by atoms with Gasteiger partial charge < -0.3 is 20.3 Å². The first-order chi connectivity index (χ1) is 19.8. The molecule has 0 saturated heterocycles. The van der Waals surface area contributed by atoms with Crippen LogP contribution in [0.25, 0.3) is 11.1 Å². The Bertz CT molecular complexity index is 1570. The Morgan fingerprint density at radius 2 is 1.71 bits per heavy atom. The summed E-state index contributed by atoms with van der Waals surface area (Å²) in [5, 5.41) is 14.8. The van der Waals surface area contributed by atoms with Gasteiger partial charge in [0.1, 0.15) is 11.6 Å². The Balaban J connectivity index is 1.69. The average Bonchev–Trinajstić information content (AvgIpc) is 2.87. The van der Waals surface area contributed by atoms with Crippen molar-refractivity contribution in [3.63, 3.8) is 0 Å². The van der Waals surface area contributed by atoms with Crippen molar-refractivity contribution in [3.8, 4) is 11.1 Å². The first kappa shape index (κ1) is 30.6. The van der Waals surface area contributed by atoms with Gasteiger partial charge in [-0.15, -0.1) is 0 Å². The number of carbonyl (C=O) groups is 3. The van der Waals surface area contributed by atoms with Crippen LogP contribution in [0.3, 0.4) is 0 Å². The molecule has 8 nitrogen and oxygen atoms in total. The van der Waals surface area contributed by atoms with Crippen molar-refractivity contribution in [3.05, 3.63) is 92.4 Å². The van der Waals surface area contributed by atoms with E-state index in [0.717, 1.165) is 42.0 Å². The van der Waals surface area contributed by atoms with E-state index in [1.807, 2.05) is 32.9 Å². The Labute approximate surface area is 242 Å². The van der Waals surface area contributed by atoms with Gasteiger partial charge in [0.2, 0.25) is 5.91 Å². The van der Waals surface area contributed by atoms with E-state index < -0.39 is 53.5 Å². The van der Waals surface area contributed by atoms with Gasteiger partial charge >= 0.3 is 5.97 Å². The average molecular weight is 580 g/mol. The van der Waals surface area contributed by atoms with E-state index in [4.69, 9.17) is 0 Å². The number of carboxylic acids is 1. The Hall–Kier alpha value is -4.34. The normalized spacial score (nSPS) is 14.5. The summed E-state index contributed by atoms with van der Waals surface area (Å²) in [6.07, 6.45) is 3.70. The molecular weight excluding hydrogens is 544 g/mol. The number of hydrogen-bond donors (Lipinski definition) is 3. The van der Waals surface area contributed by atoms with Crippen molar-refractivity contribution in [2.75, 3.05) is 0 Å². The number of amides is 2. The van der Waals surface area contributed by atoms with Gasteiger partial charge in [-0.05, 0) is 79.6 Å². The molecular formula is C32H35F2N3O5. The second-order valence-electron chi connectivity index (χ2n) is 11.2. The Morgan fingerprint density at radius 1 is 1.05 bits per heavy atom. The molecule has 2 atom stereocenters. The zero-order valence-electron chi connectivity index (χ0n) is 24.1. The number of halogens is 2. The zero-order chi connectivity index (χ0) is 30.7. The summed E-state index contributed by atoms with van der Waals surface area (Å²) >= 11 is 0. The van der Waals surface area contributed by atoms with E-state index in [-0.39, 0.29) is 23.5 Å². The standard InChI is InChI=1S/C32H35F2N3O5/c1-17-11-18(2)28(19(3)12-17)21-14-23(29(34)24(33)15-21)25(16-27(38)39)35-31(41)26(13-20-7-5-8-20)36-30(40)22-9-6-10-37(4)32(22)42/h6,9-12,14-15,20,25-26H,5,7-8,13,16H2,1-4H3,(H,35,41)(H,36,40)(H,38,39)/t25-,26-/m0/s1. The summed E-state index contributed by atoms with van der Waals surface area (Å²) in [7, 11) is 1.50. The molecule has 1 saturated carbocycles. The molecule has 3 N–H and O–H groups in total. The molecule has 42 heavy (non-hydrogen) atoms. The summed E-state index contributed by atoms with van der Waals surface area (Å²) in [5.74, 6) is -5.13. The van der Waals surface area contributed by atoms with Crippen molar-refractivity contribution < 1.29 is 28.3 Å². The molecule has 2 amide bonds. The highest BCUT2D eigenvalue weighted by molar-refractivity contribution is 5.97. The van der Waals surface area contributed by atoms with Crippen LogP contribution in [0.5, 0.6) is 0 Å². The van der Waals surface area contributed by atoms with Crippen LogP contribution in [0, 0.1) is 38.3 Å². The van der Waals surface area contributed by atoms with E-state index in [0.29, 0.717) is 11.1 Å². The van der Waals surface area contributed by atoms with Crippen molar-refractivity contribution in [1.82, 2.24) is 15.2 Å². The van der Waals surface area contributed by atoms with E-state index in [1.54, 1.807) is 0 Å². The zero-order valence-corrected chi connectivity index (χ0v) is 24.1. The second kappa shape index (κ2) is 12.7. The highest BCUT2D eigenvalue weighted by Crippen LogP contribution is 2.34. The van der Waals surface area contributed by atoms with Crippen molar-refractivity contribution in [2.24, 2.45) is 13.0 Å². The number of nitrogens with one attached hydrogen (secondary N) is 2. The molecule has 10 heteroatoms. The minimum Gasteiger partial charge on any atom is -0.481 e. The number of rotatable bonds is 10. The van der Waals surface area contributed by atoms with Crippen LogP contribution < -0.4 is 16.2 Å². The van der Waals surface area contributed by atoms with E-state index in [2.05, 4.69) is 10.6 Å². The number of aryl methyl sites for hydroxylation is 4. The maximum absolute atomic E-state index is 15.3. The van der Waals surface area contributed by atoms with Gasteiger partial charge in [0.15, 0.2) is 11.6 Å². The smallest absolute Gasteiger partial charge is 0.305 e. The lowest BCUT2D eigenvalue weighted by atomic mass is 9.80. The van der Waals surface area contributed by atoms with Crippen molar-refractivity contribution >= 4 is 17.8 Å². The number of aromatic nitrogens is 1. The quantitative estimate of drug-likeness (QED) is 0.317. The fourth-order valence-electron chi connectivity index (χ4n) is 5.63.